The summed E-state index contributed by atoms with van der Waals surface area (Å²) in [4.78, 5) is 27.4. The minimum atomic E-state index is -1.10. The zero-order valence-electron chi connectivity index (χ0n) is 13.9. The van der Waals surface area contributed by atoms with E-state index >= 15 is 0 Å². The highest BCUT2D eigenvalue weighted by atomic mass is 32.1. The molecule has 2 aromatic heterocycles. The summed E-state index contributed by atoms with van der Waals surface area (Å²) in [7, 11) is 0. The van der Waals surface area contributed by atoms with Gasteiger partial charge in [-0.05, 0) is 24.3 Å². The zero-order chi connectivity index (χ0) is 19.4. The van der Waals surface area contributed by atoms with E-state index in [1.165, 1.54) is 34.7 Å². The molecule has 0 bridgehead atoms. The summed E-state index contributed by atoms with van der Waals surface area (Å²) >= 11 is 1.07. The summed E-state index contributed by atoms with van der Waals surface area (Å²) in [6, 6.07) is 8.17. The van der Waals surface area contributed by atoms with Gasteiger partial charge in [-0.2, -0.15) is 0 Å². The van der Waals surface area contributed by atoms with Crippen LogP contribution in [-0.2, 0) is 0 Å². The third-order valence-corrected chi connectivity index (χ3v) is 5.28. The lowest BCUT2D eigenvalue weighted by Gasteiger charge is -2.22. The van der Waals surface area contributed by atoms with Crippen molar-refractivity contribution >= 4 is 33.3 Å². The molecule has 0 fully saturated rings. The van der Waals surface area contributed by atoms with E-state index in [1.807, 2.05) is 0 Å². The van der Waals surface area contributed by atoms with Crippen LogP contribution < -0.4 is 10.3 Å². The number of aromatic nitrogens is 2. The van der Waals surface area contributed by atoms with E-state index in [9.17, 15) is 18.4 Å². The maximum Gasteiger partial charge on any atom is 0.297 e. The van der Waals surface area contributed by atoms with Crippen molar-refractivity contribution in [3.8, 4) is 0 Å². The van der Waals surface area contributed by atoms with Crippen LogP contribution in [0.5, 0.6) is 0 Å². The monoisotopic (exact) mass is 397 g/mol. The Bertz CT molecular complexity index is 1300. The van der Waals surface area contributed by atoms with Gasteiger partial charge in [-0.1, -0.05) is 29.5 Å². The number of carbonyl (C=O) groups is 1. The number of halogens is 2. The Hall–Kier alpha value is -3.46. The molecule has 1 aliphatic rings. The summed E-state index contributed by atoms with van der Waals surface area (Å²) in [6.07, 6.45) is 0. The van der Waals surface area contributed by atoms with Crippen LogP contribution >= 0.6 is 11.3 Å². The van der Waals surface area contributed by atoms with E-state index in [1.54, 1.807) is 6.07 Å². The Morgan fingerprint density at radius 1 is 1.11 bits per heavy atom. The van der Waals surface area contributed by atoms with E-state index in [-0.39, 0.29) is 33.0 Å². The number of fused-ring (bicyclic) bond motifs is 2. The van der Waals surface area contributed by atoms with Gasteiger partial charge < -0.3 is 4.42 Å². The Morgan fingerprint density at radius 3 is 2.68 bits per heavy atom. The maximum atomic E-state index is 14.6. The van der Waals surface area contributed by atoms with E-state index in [2.05, 4.69) is 10.2 Å². The predicted octanol–water partition coefficient (Wildman–Crippen LogP) is 3.67. The first kappa shape index (κ1) is 16.7. The lowest BCUT2D eigenvalue weighted by atomic mass is 9.98. The molecular formula is C19H9F2N3O3S. The van der Waals surface area contributed by atoms with Crippen molar-refractivity contribution in [1.82, 2.24) is 10.2 Å². The molecule has 1 amide bonds. The lowest BCUT2D eigenvalue weighted by Crippen LogP contribution is -2.30. The van der Waals surface area contributed by atoms with Crippen molar-refractivity contribution < 1.29 is 18.0 Å². The number of rotatable bonds is 2. The highest BCUT2D eigenvalue weighted by Gasteiger charge is 2.45. The first-order chi connectivity index (χ1) is 13.6. The summed E-state index contributed by atoms with van der Waals surface area (Å²) < 4.78 is 34.0. The van der Waals surface area contributed by atoms with Crippen LogP contribution in [0, 0.1) is 11.6 Å². The SMILES string of the molecule is O=C1c2oc3ccc(F)cc3c(=O)c2C(c2ccccc2F)N1c1nncs1. The largest absolute Gasteiger partial charge is 0.450 e. The van der Waals surface area contributed by atoms with E-state index < -0.39 is 29.0 Å². The Morgan fingerprint density at radius 2 is 1.93 bits per heavy atom. The normalized spacial score (nSPS) is 16.0. The molecule has 1 atom stereocenters. The van der Waals surface area contributed by atoms with Gasteiger partial charge in [0.05, 0.1) is 10.9 Å². The van der Waals surface area contributed by atoms with Gasteiger partial charge in [0.1, 0.15) is 28.8 Å². The van der Waals surface area contributed by atoms with Crippen molar-refractivity contribution in [1.29, 1.82) is 0 Å². The van der Waals surface area contributed by atoms with Gasteiger partial charge in [0.2, 0.25) is 10.9 Å². The number of hydrogen-bond acceptors (Lipinski definition) is 6. The fourth-order valence-electron chi connectivity index (χ4n) is 3.41. The van der Waals surface area contributed by atoms with Crippen LogP contribution in [-0.4, -0.2) is 16.1 Å². The first-order valence-corrected chi connectivity index (χ1v) is 9.04. The van der Waals surface area contributed by atoms with E-state index in [4.69, 9.17) is 4.42 Å². The van der Waals surface area contributed by atoms with Crippen LogP contribution in [0.3, 0.4) is 0 Å². The highest BCUT2D eigenvalue weighted by molar-refractivity contribution is 7.13. The molecule has 9 heteroatoms. The van der Waals surface area contributed by atoms with Gasteiger partial charge in [-0.3, -0.25) is 14.5 Å². The Kier molecular flexibility index (Phi) is 3.59. The summed E-state index contributed by atoms with van der Waals surface area (Å²) in [6.45, 7) is 0. The molecule has 1 aliphatic heterocycles. The van der Waals surface area contributed by atoms with Crippen LogP contribution in [0.2, 0.25) is 0 Å². The minimum absolute atomic E-state index is 0.0213. The van der Waals surface area contributed by atoms with Crippen LogP contribution in [0.25, 0.3) is 11.0 Å². The van der Waals surface area contributed by atoms with Crippen molar-refractivity contribution in [2.24, 2.45) is 0 Å². The van der Waals surface area contributed by atoms with Crippen molar-refractivity contribution in [3.05, 3.63) is 86.7 Å². The van der Waals surface area contributed by atoms with Crippen molar-refractivity contribution in [3.63, 3.8) is 0 Å². The molecule has 4 aromatic rings. The Balaban J connectivity index is 1.87. The fraction of sp³-hybridized carbons (Fsp3) is 0.0526. The predicted molar refractivity (Wildman–Crippen MR) is 97.4 cm³/mol. The molecule has 2 aromatic carbocycles. The van der Waals surface area contributed by atoms with Gasteiger partial charge in [0, 0.05) is 5.56 Å². The van der Waals surface area contributed by atoms with E-state index in [0.717, 1.165) is 23.5 Å². The maximum absolute atomic E-state index is 14.6. The van der Waals surface area contributed by atoms with Gasteiger partial charge in [0.15, 0.2) is 5.43 Å². The summed E-state index contributed by atoms with van der Waals surface area (Å²) in [5, 5.41) is 7.80. The molecule has 0 N–H and O–H groups in total. The molecule has 0 radical (unpaired) electrons. The van der Waals surface area contributed by atoms with Crippen LogP contribution in [0.1, 0.15) is 27.7 Å². The summed E-state index contributed by atoms with van der Waals surface area (Å²) in [5.74, 6) is -2.07. The first-order valence-electron chi connectivity index (χ1n) is 8.16. The Labute approximate surface area is 159 Å². The molecule has 0 aliphatic carbocycles. The molecule has 138 valence electrons. The van der Waals surface area contributed by atoms with Gasteiger partial charge in [-0.15, -0.1) is 10.2 Å². The quantitative estimate of drug-likeness (QED) is 0.516. The molecular weight excluding hydrogens is 388 g/mol. The minimum Gasteiger partial charge on any atom is -0.450 e. The van der Waals surface area contributed by atoms with Gasteiger partial charge in [0.25, 0.3) is 5.91 Å². The second kappa shape index (κ2) is 6.03. The van der Waals surface area contributed by atoms with Gasteiger partial charge in [-0.25, -0.2) is 8.78 Å². The zero-order valence-corrected chi connectivity index (χ0v) is 14.7. The standard InChI is InChI=1S/C19H9F2N3O3S/c20-9-5-6-13-11(7-9)16(25)14-15(10-3-1-2-4-12(10)21)24(18(26)17(14)27-13)19-23-22-8-28-19/h1-8,15H. The number of hydrogen-bond donors (Lipinski definition) is 0. The molecule has 3 heterocycles. The second-order valence-corrected chi connectivity index (χ2v) is 6.95. The number of anilines is 1. The highest BCUT2D eigenvalue weighted by Crippen LogP contribution is 2.42. The molecule has 0 saturated heterocycles. The summed E-state index contributed by atoms with van der Waals surface area (Å²) in [5.41, 5.74) is 0.955. The van der Waals surface area contributed by atoms with Crippen LogP contribution in [0.15, 0.2) is 57.2 Å². The van der Waals surface area contributed by atoms with Crippen molar-refractivity contribution in [2.45, 2.75) is 6.04 Å². The smallest absolute Gasteiger partial charge is 0.297 e. The second-order valence-electron chi connectivity index (χ2n) is 6.13. The number of nitrogens with zero attached hydrogens (tertiary/aromatic N) is 3. The van der Waals surface area contributed by atoms with Crippen LogP contribution in [0.4, 0.5) is 13.9 Å². The molecule has 1 unspecified atom stereocenters. The molecule has 6 nitrogen and oxygen atoms in total. The number of amides is 1. The average Bonchev–Trinajstić information content (AvgIpc) is 3.30. The van der Waals surface area contributed by atoms with E-state index in [0.29, 0.717) is 0 Å². The third kappa shape index (κ3) is 2.29. The lowest BCUT2D eigenvalue weighted by molar-refractivity contribution is 0.0970. The van der Waals surface area contributed by atoms with Gasteiger partial charge >= 0.3 is 0 Å². The molecule has 0 saturated carbocycles. The van der Waals surface area contributed by atoms with Crippen molar-refractivity contribution in [2.75, 3.05) is 4.90 Å². The molecule has 5 rings (SSSR count). The molecule has 0 spiro atoms. The number of benzene rings is 2. The topological polar surface area (TPSA) is 76.3 Å². The fourth-order valence-corrected chi connectivity index (χ4v) is 3.99. The third-order valence-electron chi connectivity index (χ3n) is 4.59. The number of carbonyl (C=O) groups excluding carboxylic acids is 1. The molecule has 28 heavy (non-hydrogen) atoms. The average molecular weight is 397 g/mol.